The summed E-state index contributed by atoms with van der Waals surface area (Å²) < 4.78 is 0. The van der Waals surface area contributed by atoms with Crippen molar-refractivity contribution in [2.24, 2.45) is 0 Å². The van der Waals surface area contributed by atoms with E-state index < -0.39 is 5.97 Å². The van der Waals surface area contributed by atoms with Crippen molar-refractivity contribution in [1.29, 1.82) is 0 Å². The summed E-state index contributed by atoms with van der Waals surface area (Å²) in [6.07, 6.45) is 7.69. The van der Waals surface area contributed by atoms with Gasteiger partial charge >= 0.3 is 5.97 Å². The fourth-order valence-electron chi connectivity index (χ4n) is 5.53. The monoisotopic (exact) mass is 470 g/mol. The standard InChI is InChI=1S/C29H34N4O2/c1-32-15-12-21(13-16-32)20-5-7-24(8-6-20)33(2)25-9-10-26-22(17-25)3-4-23(26)18-31-28-19-30-14-11-27(28)29(34)35/h5-11,14,17,19,21,23,31H,3-4,12-13,15-16,18H2,1-2H3,(H,34,35)/t23-/m0/s1. The lowest BCUT2D eigenvalue weighted by atomic mass is 9.89. The molecule has 35 heavy (non-hydrogen) atoms. The van der Waals surface area contributed by atoms with Crippen LogP contribution in [0.2, 0.25) is 0 Å². The molecule has 0 spiro atoms. The molecule has 2 aliphatic rings. The highest BCUT2D eigenvalue weighted by Gasteiger charge is 2.24. The van der Waals surface area contributed by atoms with Crippen LogP contribution in [0.1, 0.15) is 58.1 Å². The van der Waals surface area contributed by atoms with Crippen LogP contribution in [-0.2, 0) is 6.42 Å². The lowest BCUT2D eigenvalue weighted by molar-refractivity contribution is 0.0697. The van der Waals surface area contributed by atoms with Crippen LogP contribution in [0.4, 0.5) is 17.1 Å². The summed E-state index contributed by atoms with van der Waals surface area (Å²) in [6, 6.07) is 17.4. The molecule has 2 N–H and O–H groups in total. The molecule has 0 bridgehead atoms. The molecule has 3 aromatic rings. The van der Waals surface area contributed by atoms with Gasteiger partial charge in [-0.3, -0.25) is 4.98 Å². The molecule has 1 aliphatic carbocycles. The number of rotatable bonds is 7. The Hall–Kier alpha value is -3.38. The van der Waals surface area contributed by atoms with Gasteiger partial charge in [-0.2, -0.15) is 0 Å². The summed E-state index contributed by atoms with van der Waals surface area (Å²) in [5.74, 6) is 0.100. The molecule has 2 heterocycles. The molecule has 182 valence electrons. The van der Waals surface area contributed by atoms with Crippen LogP contribution in [0.15, 0.2) is 60.9 Å². The number of carboxylic acids is 1. The molecule has 6 heteroatoms. The lowest BCUT2D eigenvalue weighted by Crippen LogP contribution is -2.29. The van der Waals surface area contributed by atoms with Crippen molar-refractivity contribution in [1.82, 2.24) is 9.88 Å². The molecule has 5 rings (SSSR count). The number of aromatic carboxylic acids is 1. The van der Waals surface area contributed by atoms with Crippen molar-refractivity contribution in [3.05, 3.63) is 83.2 Å². The average molecular weight is 471 g/mol. The number of nitrogens with zero attached hydrogens (tertiary/aromatic N) is 3. The largest absolute Gasteiger partial charge is 0.478 e. The third kappa shape index (κ3) is 5.03. The van der Waals surface area contributed by atoms with Gasteiger partial charge in [0.15, 0.2) is 0 Å². The predicted octanol–water partition coefficient (Wildman–Crippen LogP) is 5.50. The number of hydrogen-bond acceptors (Lipinski definition) is 5. The van der Waals surface area contributed by atoms with E-state index in [1.807, 2.05) is 0 Å². The molecule has 0 saturated carbocycles. The fourth-order valence-corrected chi connectivity index (χ4v) is 5.53. The molecule has 1 atom stereocenters. The molecule has 1 saturated heterocycles. The van der Waals surface area contributed by atoms with E-state index in [-0.39, 0.29) is 5.56 Å². The third-order valence-corrected chi connectivity index (χ3v) is 7.78. The predicted molar refractivity (Wildman–Crippen MR) is 141 cm³/mol. The van der Waals surface area contributed by atoms with Crippen LogP contribution in [0.5, 0.6) is 0 Å². The Morgan fingerprint density at radius 3 is 2.57 bits per heavy atom. The van der Waals surface area contributed by atoms with E-state index in [0.29, 0.717) is 24.1 Å². The maximum atomic E-state index is 11.5. The smallest absolute Gasteiger partial charge is 0.337 e. The summed E-state index contributed by atoms with van der Waals surface area (Å²) in [5, 5.41) is 12.7. The van der Waals surface area contributed by atoms with Crippen molar-refractivity contribution >= 4 is 23.0 Å². The number of carboxylic acid groups (broad SMARTS) is 1. The van der Waals surface area contributed by atoms with E-state index in [1.165, 1.54) is 66.3 Å². The normalized spacial score (nSPS) is 18.3. The minimum Gasteiger partial charge on any atom is -0.478 e. The van der Waals surface area contributed by atoms with Gasteiger partial charge in [-0.25, -0.2) is 4.79 Å². The Morgan fingerprint density at radius 1 is 1.09 bits per heavy atom. The van der Waals surface area contributed by atoms with Gasteiger partial charge in [0.25, 0.3) is 0 Å². The minimum atomic E-state index is -0.936. The number of nitrogens with one attached hydrogen (secondary N) is 1. The Bertz CT molecular complexity index is 1190. The highest BCUT2D eigenvalue weighted by Crippen LogP contribution is 2.37. The van der Waals surface area contributed by atoms with E-state index in [2.05, 4.69) is 76.7 Å². The fraction of sp³-hybridized carbons (Fsp3) is 0.379. The summed E-state index contributed by atoms with van der Waals surface area (Å²) >= 11 is 0. The molecular formula is C29H34N4O2. The minimum absolute atomic E-state index is 0.261. The Kier molecular flexibility index (Phi) is 6.73. The zero-order valence-electron chi connectivity index (χ0n) is 20.6. The van der Waals surface area contributed by atoms with Crippen molar-refractivity contribution in [3.8, 4) is 0 Å². The highest BCUT2D eigenvalue weighted by atomic mass is 16.4. The van der Waals surface area contributed by atoms with Crippen LogP contribution in [0.3, 0.4) is 0 Å². The number of pyridine rings is 1. The SMILES string of the molecule is CN1CCC(c2ccc(N(C)c3ccc4c(c3)CC[C@H]4CNc3cnccc3C(=O)O)cc2)CC1. The number of likely N-dealkylation sites (tertiary alicyclic amines) is 1. The summed E-state index contributed by atoms with van der Waals surface area (Å²) in [7, 11) is 4.34. The summed E-state index contributed by atoms with van der Waals surface area (Å²) in [6.45, 7) is 3.06. The molecule has 1 aliphatic heterocycles. The third-order valence-electron chi connectivity index (χ3n) is 7.78. The molecule has 0 unspecified atom stereocenters. The topological polar surface area (TPSA) is 68.7 Å². The van der Waals surface area contributed by atoms with Crippen molar-refractivity contribution in [2.75, 3.05) is 43.9 Å². The number of benzene rings is 2. The van der Waals surface area contributed by atoms with Crippen molar-refractivity contribution < 1.29 is 9.90 Å². The van der Waals surface area contributed by atoms with Crippen LogP contribution in [0, 0.1) is 0 Å². The molecule has 0 radical (unpaired) electrons. The van der Waals surface area contributed by atoms with Crippen molar-refractivity contribution in [3.63, 3.8) is 0 Å². The first kappa shape index (κ1) is 23.4. The number of fused-ring (bicyclic) bond motifs is 1. The Labute approximate surface area is 207 Å². The zero-order valence-corrected chi connectivity index (χ0v) is 20.6. The van der Waals surface area contributed by atoms with Gasteiger partial charge in [0.1, 0.15) is 0 Å². The van der Waals surface area contributed by atoms with Crippen LogP contribution >= 0.6 is 0 Å². The first-order chi connectivity index (χ1) is 17.0. The number of carbonyl (C=O) groups is 1. The van der Waals surface area contributed by atoms with E-state index in [4.69, 9.17) is 0 Å². The molecule has 6 nitrogen and oxygen atoms in total. The van der Waals surface area contributed by atoms with E-state index in [9.17, 15) is 9.90 Å². The molecule has 1 aromatic heterocycles. The molecule has 1 fully saturated rings. The van der Waals surface area contributed by atoms with Crippen LogP contribution in [0.25, 0.3) is 0 Å². The zero-order chi connectivity index (χ0) is 24.4. The van der Waals surface area contributed by atoms with Gasteiger partial charge in [-0.1, -0.05) is 18.2 Å². The maximum Gasteiger partial charge on any atom is 0.337 e. The number of aromatic nitrogens is 1. The van der Waals surface area contributed by atoms with Crippen LogP contribution < -0.4 is 10.2 Å². The van der Waals surface area contributed by atoms with Gasteiger partial charge in [0.05, 0.1) is 17.4 Å². The number of hydrogen-bond donors (Lipinski definition) is 2. The second kappa shape index (κ2) is 10.1. The number of aryl methyl sites for hydroxylation is 1. The molecule has 0 amide bonds. The maximum absolute atomic E-state index is 11.5. The van der Waals surface area contributed by atoms with E-state index >= 15 is 0 Å². The van der Waals surface area contributed by atoms with Gasteiger partial charge in [-0.05, 0) is 98.8 Å². The van der Waals surface area contributed by atoms with Gasteiger partial charge in [0.2, 0.25) is 0 Å². The van der Waals surface area contributed by atoms with Gasteiger partial charge in [-0.15, -0.1) is 0 Å². The highest BCUT2D eigenvalue weighted by molar-refractivity contribution is 5.93. The second-order valence-corrected chi connectivity index (χ2v) is 9.95. The Morgan fingerprint density at radius 2 is 1.83 bits per heavy atom. The lowest BCUT2D eigenvalue weighted by Gasteiger charge is -2.29. The number of piperidine rings is 1. The van der Waals surface area contributed by atoms with Crippen molar-refractivity contribution in [2.45, 2.75) is 37.5 Å². The first-order valence-electron chi connectivity index (χ1n) is 12.6. The van der Waals surface area contributed by atoms with Gasteiger partial charge < -0.3 is 20.2 Å². The first-order valence-corrected chi connectivity index (χ1v) is 12.6. The summed E-state index contributed by atoms with van der Waals surface area (Å²) in [5.41, 5.74) is 7.44. The van der Waals surface area contributed by atoms with Gasteiger partial charge in [0, 0.05) is 37.1 Å². The summed E-state index contributed by atoms with van der Waals surface area (Å²) in [4.78, 5) is 20.2. The quantitative estimate of drug-likeness (QED) is 0.475. The average Bonchev–Trinajstić information content (AvgIpc) is 3.30. The Balaban J connectivity index is 1.25. The van der Waals surface area contributed by atoms with E-state index in [1.54, 1.807) is 6.20 Å². The number of anilines is 3. The van der Waals surface area contributed by atoms with E-state index in [0.717, 1.165) is 12.8 Å². The van der Waals surface area contributed by atoms with Crippen LogP contribution in [-0.4, -0.2) is 54.7 Å². The second-order valence-electron chi connectivity index (χ2n) is 9.95. The molecular weight excluding hydrogens is 436 g/mol. The molecule has 2 aromatic carbocycles.